The van der Waals surface area contributed by atoms with Gasteiger partial charge < -0.3 is 66.8 Å². The van der Waals surface area contributed by atoms with Gasteiger partial charge in [0.05, 0.1) is 58.3 Å². The van der Waals surface area contributed by atoms with Crippen molar-refractivity contribution in [3.8, 4) is 0 Å². The number of benzene rings is 1. The lowest BCUT2D eigenvalue weighted by Gasteiger charge is -2.28. The zero-order valence-corrected chi connectivity index (χ0v) is 52.0. The molecule has 86 heavy (non-hydrogen) atoms. The van der Waals surface area contributed by atoms with Crippen LogP contribution < -0.4 is 43.0 Å². The third kappa shape index (κ3) is 41.5. The SMILES string of the molecule is CNC(CCCCNC(=O)COCCOCCNC(=O)COCCOCCNC(=O)CCC(NC(=O)C1CCC(CNC(=O)CCCCCCCCCCCCCCCCCCC(=O)O)CC1)C(=O)O)C(=O)CN[C@@H](Cc1ccc(C)cc1)C(N)=O. The Kier molecular flexibility index (Phi) is 44.8. The van der Waals surface area contributed by atoms with Crippen molar-refractivity contribution in [3.05, 3.63) is 35.4 Å². The molecule has 1 aliphatic carbocycles. The van der Waals surface area contributed by atoms with E-state index in [2.05, 4.69) is 37.2 Å². The van der Waals surface area contributed by atoms with E-state index in [0.717, 1.165) is 62.5 Å². The Balaban J connectivity index is 1.37. The number of primary amides is 1. The summed E-state index contributed by atoms with van der Waals surface area (Å²) in [6.07, 6.45) is 24.3. The maximum absolute atomic E-state index is 13.0. The highest BCUT2D eigenvalue weighted by Crippen LogP contribution is 2.29. The second-order valence-electron chi connectivity index (χ2n) is 22.7. The fraction of sp³-hybridized carbons (Fsp3) is 0.762. The molecule has 23 nitrogen and oxygen atoms in total. The van der Waals surface area contributed by atoms with E-state index in [1.54, 1.807) is 7.05 Å². The van der Waals surface area contributed by atoms with Crippen molar-refractivity contribution in [2.24, 2.45) is 17.6 Å². The molecule has 11 N–H and O–H groups in total. The number of aliphatic carboxylic acids is 2. The molecule has 0 bridgehead atoms. The molecule has 1 fully saturated rings. The number of hydrogen-bond donors (Lipinski definition) is 10. The summed E-state index contributed by atoms with van der Waals surface area (Å²) < 4.78 is 21.6. The Labute approximate surface area is 511 Å². The van der Waals surface area contributed by atoms with E-state index in [0.29, 0.717) is 58.0 Å². The Bertz CT molecular complexity index is 2060. The van der Waals surface area contributed by atoms with Crippen LogP contribution in [-0.2, 0) is 68.5 Å². The minimum atomic E-state index is -1.21. The molecule has 1 aromatic rings. The van der Waals surface area contributed by atoms with Crippen LogP contribution in [0, 0.1) is 18.8 Å². The first-order valence-corrected chi connectivity index (χ1v) is 32.0. The second kappa shape index (κ2) is 50.4. The molecule has 490 valence electrons. The fourth-order valence-corrected chi connectivity index (χ4v) is 10.1. The monoisotopic (exact) mass is 1220 g/mol. The van der Waals surface area contributed by atoms with E-state index in [9.17, 15) is 48.3 Å². The van der Waals surface area contributed by atoms with Crippen molar-refractivity contribution in [2.75, 3.05) is 92.6 Å². The van der Waals surface area contributed by atoms with Crippen LogP contribution in [0.15, 0.2) is 24.3 Å². The molecule has 2 rings (SSSR count). The van der Waals surface area contributed by atoms with Crippen LogP contribution in [0.1, 0.15) is 184 Å². The van der Waals surface area contributed by atoms with E-state index >= 15 is 0 Å². The number of ketones is 1. The van der Waals surface area contributed by atoms with Gasteiger partial charge in [-0.25, -0.2) is 4.79 Å². The normalized spacial score (nSPS) is 15.0. The van der Waals surface area contributed by atoms with Crippen LogP contribution >= 0.6 is 0 Å². The number of unbranched alkanes of at least 4 members (excludes halogenated alkanes) is 16. The van der Waals surface area contributed by atoms with Gasteiger partial charge in [-0.05, 0) is 96.1 Å². The number of hydrogen-bond acceptors (Lipinski definition) is 15. The van der Waals surface area contributed by atoms with E-state index in [4.69, 9.17) is 29.8 Å². The summed E-state index contributed by atoms with van der Waals surface area (Å²) in [6.45, 7) is 4.21. The van der Waals surface area contributed by atoms with Gasteiger partial charge >= 0.3 is 11.9 Å². The number of carboxylic acids is 2. The third-order valence-corrected chi connectivity index (χ3v) is 15.4. The smallest absolute Gasteiger partial charge is 0.326 e. The summed E-state index contributed by atoms with van der Waals surface area (Å²) in [5.74, 6) is -3.82. The van der Waals surface area contributed by atoms with Gasteiger partial charge in [0.25, 0.3) is 0 Å². The predicted molar refractivity (Wildman–Crippen MR) is 328 cm³/mol. The largest absolute Gasteiger partial charge is 0.481 e. The zero-order valence-electron chi connectivity index (χ0n) is 52.0. The van der Waals surface area contributed by atoms with Gasteiger partial charge in [-0.1, -0.05) is 120 Å². The number of nitrogens with two attached hydrogens (primary N) is 1. The molecule has 0 aromatic heterocycles. The molecule has 0 saturated heterocycles. The number of carbonyl (C=O) groups is 9. The van der Waals surface area contributed by atoms with Crippen LogP contribution in [-0.4, -0.2) is 174 Å². The lowest BCUT2D eigenvalue weighted by atomic mass is 9.81. The highest BCUT2D eigenvalue weighted by Gasteiger charge is 2.30. The highest BCUT2D eigenvalue weighted by atomic mass is 16.5. The number of carboxylic acid groups (broad SMARTS) is 2. The van der Waals surface area contributed by atoms with Gasteiger partial charge in [0, 0.05) is 51.4 Å². The summed E-state index contributed by atoms with van der Waals surface area (Å²) >= 11 is 0. The lowest BCUT2D eigenvalue weighted by molar-refractivity contribution is -0.143. The van der Waals surface area contributed by atoms with Gasteiger partial charge in [-0.15, -0.1) is 0 Å². The molecule has 1 saturated carbocycles. The molecular formula is C63H108N8O15. The first kappa shape index (κ1) is 76.5. The van der Waals surface area contributed by atoms with Gasteiger partial charge in [-0.3, -0.25) is 43.7 Å². The molecule has 0 spiro atoms. The molecule has 23 heteroatoms. The summed E-state index contributed by atoms with van der Waals surface area (Å²) in [4.78, 5) is 110. The maximum Gasteiger partial charge on any atom is 0.326 e. The van der Waals surface area contributed by atoms with E-state index in [1.807, 2.05) is 31.2 Å². The number of nitrogens with one attached hydrogen (secondary N) is 7. The maximum atomic E-state index is 13.0. The van der Waals surface area contributed by atoms with E-state index in [-0.39, 0.29) is 139 Å². The summed E-state index contributed by atoms with van der Waals surface area (Å²) in [5, 5.41) is 38.3. The quantitative estimate of drug-likeness (QED) is 0.0379. The Morgan fingerprint density at radius 1 is 0.523 bits per heavy atom. The molecule has 1 aliphatic rings. The summed E-state index contributed by atoms with van der Waals surface area (Å²) in [7, 11) is 1.71. The number of carbonyl (C=O) groups excluding carboxylic acids is 7. The molecule has 2 unspecified atom stereocenters. The average Bonchev–Trinajstić information content (AvgIpc) is 3.70. The molecular weight excluding hydrogens is 1110 g/mol. The van der Waals surface area contributed by atoms with Crippen LogP contribution in [0.5, 0.6) is 0 Å². The van der Waals surface area contributed by atoms with Crippen LogP contribution in [0.2, 0.25) is 0 Å². The Morgan fingerprint density at radius 2 is 1.01 bits per heavy atom. The van der Waals surface area contributed by atoms with Crippen molar-refractivity contribution in [1.82, 2.24) is 37.2 Å². The number of aryl methyl sites for hydroxylation is 1. The number of Topliss-reactive ketones (excluding diaryl/α,β-unsaturated/α-hetero) is 1. The predicted octanol–water partition coefficient (Wildman–Crippen LogP) is 5.10. The molecule has 3 atom stereocenters. The van der Waals surface area contributed by atoms with Crippen LogP contribution in [0.4, 0.5) is 0 Å². The first-order chi connectivity index (χ1) is 41.6. The zero-order chi connectivity index (χ0) is 62.8. The standard InChI is InChI=1S/C63H108N8O15/c1-48-24-26-49(27-25-48)43-54(61(64)79)69-45-55(72)52(65-2)21-19-20-34-66-58(75)46-85-41-40-84-38-36-68-59(76)47-86-42-39-83-37-35-67-57(74)33-32-53(63(81)82)71-62(80)51-30-28-50(29-31-51)44-70-56(73)22-17-15-13-11-9-7-5-3-4-6-8-10-12-14-16-18-23-60(77)78/h24-27,50-54,65,69H,3-23,28-47H2,1-2H3,(H2,64,79)(H,66,75)(H,67,74)(H,68,76)(H,70,73)(H,71,80)(H,77,78)(H,81,82)/t50?,51?,52?,53?,54-/m0/s1. The van der Waals surface area contributed by atoms with Crippen molar-refractivity contribution in [1.29, 1.82) is 0 Å². The molecule has 6 amide bonds. The second-order valence-corrected chi connectivity index (χ2v) is 22.7. The summed E-state index contributed by atoms with van der Waals surface area (Å²) in [6, 6.07) is 5.51. The van der Waals surface area contributed by atoms with Crippen molar-refractivity contribution >= 4 is 53.2 Å². The van der Waals surface area contributed by atoms with E-state index < -0.39 is 36.0 Å². The van der Waals surface area contributed by atoms with Gasteiger partial charge in [0.1, 0.15) is 19.3 Å². The molecule has 0 radical (unpaired) electrons. The van der Waals surface area contributed by atoms with Crippen molar-refractivity contribution in [2.45, 2.75) is 205 Å². The highest BCUT2D eigenvalue weighted by molar-refractivity contribution is 5.87. The number of amides is 6. The Morgan fingerprint density at radius 3 is 1.52 bits per heavy atom. The molecule has 0 heterocycles. The molecule has 0 aliphatic heterocycles. The number of rotatable bonds is 56. The first-order valence-electron chi connectivity index (χ1n) is 32.0. The number of likely N-dealkylation sites (N-methyl/N-ethyl adjacent to an activating group) is 1. The summed E-state index contributed by atoms with van der Waals surface area (Å²) in [5.41, 5.74) is 7.64. The lowest BCUT2D eigenvalue weighted by Crippen LogP contribution is -2.48. The van der Waals surface area contributed by atoms with Gasteiger partial charge in [0.2, 0.25) is 35.4 Å². The minimum absolute atomic E-state index is 0.00130. The topological polar surface area (TPSA) is 341 Å². The molecule has 1 aromatic carbocycles. The van der Waals surface area contributed by atoms with Gasteiger partial charge in [0.15, 0.2) is 5.78 Å². The van der Waals surface area contributed by atoms with Crippen molar-refractivity contribution in [3.63, 3.8) is 0 Å². The van der Waals surface area contributed by atoms with E-state index in [1.165, 1.54) is 64.2 Å². The van der Waals surface area contributed by atoms with Crippen molar-refractivity contribution < 1.29 is 72.3 Å². The third-order valence-electron chi connectivity index (χ3n) is 15.4. The van der Waals surface area contributed by atoms with Crippen LogP contribution in [0.3, 0.4) is 0 Å². The van der Waals surface area contributed by atoms with Crippen LogP contribution in [0.25, 0.3) is 0 Å². The minimum Gasteiger partial charge on any atom is -0.481 e. The van der Waals surface area contributed by atoms with Gasteiger partial charge in [-0.2, -0.15) is 0 Å². The number of ether oxygens (including phenoxy) is 4. The fourth-order valence-electron chi connectivity index (χ4n) is 10.1. The Hall–Kier alpha value is -5.59. The average molecular weight is 1220 g/mol.